The summed E-state index contributed by atoms with van der Waals surface area (Å²) >= 11 is 6.41. The van der Waals surface area contributed by atoms with E-state index < -0.39 is 0 Å². The van der Waals surface area contributed by atoms with Gasteiger partial charge in [-0.3, -0.25) is 0 Å². The second-order valence-corrected chi connectivity index (χ2v) is 38.0. The van der Waals surface area contributed by atoms with Gasteiger partial charge in [0.25, 0.3) is 0 Å². The average Bonchev–Trinajstić information content (AvgIpc) is 2.83. The van der Waals surface area contributed by atoms with Crippen molar-refractivity contribution in [2.24, 2.45) is 0 Å². The minimum atomic E-state index is 0.640. The Morgan fingerprint density at radius 1 is 1.00 bits per heavy atom. The van der Waals surface area contributed by atoms with Crippen molar-refractivity contribution in [1.29, 1.82) is 0 Å². The van der Waals surface area contributed by atoms with Gasteiger partial charge in [-0.15, -0.1) is 0 Å². The zero-order chi connectivity index (χ0) is 7.52. The van der Waals surface area contributed by atoms with E-state index in [1.807, 2.05) is 0 Å². The molecular formula is C6H10S2Te3. The van der Waals surface area contributed by atoms with E-state index in [1.165, 1.54) is 22.0 Å². The summed E-state index contributed by atoms with van der Waals surface area (Å²) in [5.41, 5.74) is 0. The van der Waals surface area contributed by atoms with Crippen molar-refractivity contribution in [1.82, 2.24) is 0 Å². The van der Waals surface area contributed by atoms with Crippen LogP contribution in [0.4, 0.5) is 0 Å². The molecule has 5 heteroatoms. The Labute approximate surface area is 99.8 Å². The van der Waals surface area contributed by atoms with E-state index in [9.17, 15) is 0 Å². The van der Waals surface area contributed by atoms with Crippen molar-refractivity contribution in [3.8, 4) is 0 Å². The van der Waals surface area contributed by atoms with E-state index in [-0.39, 0.29) is 0 Å². The zero-order valence-corrected chi connectivity index (χ0v) is 14.6. The van der Waals surface area contributed by atoms with Gasteiger partial charge < -0.3 is 0 Å². The first-order valence-electron chi connectivity index (χ1n) is 3.59. The summed E-state index contributed by atoms with van der Waals surface area (Å²) in [5.74, 6) is 3.05. The molecule has 0 spiro atoms. The van der Waals surface area contributed by atoms with Gasteiger partial charge in [-0.25, -0.2) is 0 Å². The molecule has 64 valence electrons. The van der Waals surface area contributed by atoms with E-state index >= 15 is 0 Å². The van der Waals surface area contributed by atoms with Crippen LogP contribution in [0, 0.1) is 0 Å². The Kier molecular flexibility index (Phi) is 5.61. The first-order chi connectivity index (χ1) is 5.45. The topological polar surface area (TPSA) is 0 Å². The molecule has 0 N–H and O–H groups in total. The van der Waals surface area contributed by atoms with Crippen molar-refractivity contribution < 1.29 is 0 Å². The summed E-state index contributed by atoms with van der Waals surface area (Å²) in [6.07, 6.45) is 0. The van der Waals surface area contributed by atoms with Crippen molar-refractivity contribution in [2.75, 3.05) is 11.5 Å². The molecule has 0 amide bonds. The Hall–Kier alpha value is 3.07. The molecule has 0 bridgehead atoms. The van der Waals surface area contributed by atoms with Gasteiger partial charge in [0.05, 0.1) is 0 Å². The maximum absolute atomic E-state index is 2.21. The summed E-state index contributed by atoms with van der Waals surface area (Å²) < 4.78 is 3.45. The van der Waals surface area contributed by atoms with Gasteiger partial charge in [0, 0.05) is 0 Å². The first-order valence-corrected chi connectivity index (χ1v) is 23.7. The molecule has 0 radical (unpaired) electrons. The average molecular weight is 529 g/mol. The Morgan fingerprint density at radius 3 is 1.82 bits per heavy atom. The summed E-state index contributed by atoms with van der Waals surface area (Å²) in [5, 5.41) is 2.37. The molecule has 2 unspecified atom stereocenters. The summed E-state index contributed by atoms with van der Waals surface area (Å²) in [7, 11) is 0. The fourth-order valence-corrected chi connectivity index (χ4v) is 43.2. The molecule has 0 saturated carbocycles. The summed E-state index contributed by atoms with van der Waals surface area (Å²) in [4.78, 5) is 0. The molecule has 0 nitrogen and oxygen atoms in total. The molecule has 2 aliphatic rings. The molecule has 11 heavy (non-hydrogen) atoms. The second kappa shape index (κ2) is 5.83. The van der Waals surface area contributed by atoms with Crippen LogP contribution in [0.3, 0.4) is 0 Å². The van der Waals surface area contributed by atoms with E-state index in [2.05, 4.69) is 23.5 Å². The molecule has 2 aliphatic heterocycles. The van der Waals surface area contributed by atoms with Crippen molar-refractivity contribution in [2.45, 2.75) is 19.4 Å². The van der Waals surface area contributed by atoms with Crippen LogP contribution in [0.15, 0.2) is 0 Å². The van der Waals surface area contributed by atoms with Gasteiger partial charge in [-0.05, 0) is 0 Å². The standard InChI is InChI=1S/C6H10S2Te3/c1-5(7-1)3-9-11-10-4-6-2-8-6/h5-6H,1-4H2. The quantitative estimate of drug-likeness (QED) is 0.287. The van der Waals surface area contributed by atoms with Crippen LogP contribution in [0.5, 0.6) is 0 Å². The van der Waals surface area contributed by atoms with Crippen LogP contribution < -0.4 is 0 Å². The van der Waals surface area contributed by atoms with Crippen LogP contribution in [0.2, 0.25) is 8.94 Å². The number of hydrogen-bond acceptors (Lipinski definition) is 2. The zero-order valence-electron chi connectivity index (χ0n) is 6.02. The van der Waals surface area contributed by atoms with Crippen LogP contribution in [0.1, 0.15) is 0 Å². The SMILES string of the molecule is C1SC1C[Te][Te][Te]CC1CS1. The molecule has 0 aliphatic carbocycles. The molecule has 2 heterocycles. The Bertz CT molecular complexity index is 111. The third kappa shape index (κ3) is 5.50. The predicted octanol–water partition coefficient (Wildman–Crippen LogP) is 0.996. The molecule has 0 aromatic heterocycles. The number of rotatable bonds is 6. The van der Waals surface area contributed by atoms with Crippen LogP contribution in [0.25, 0.3) is 0 Å². The monoisotopic (exact) mass is 536 g/mol. The van der Waals surface area contributed by atoms with E-state index in [4.69, 9.17) is 0 Å². The van der Waals surface area contributed by atoms with Gasteiger partial charge in [-0.2, -0.15) is 0 Å². The molecule has 2 fully saturated rings. The van der Waals surface area contributed by atoms with Gasteiger partial charge in [0.1, 0.15) is 0 Å². The fourth-order valence-electron chi connectivity index (χ4n) is 0.570. The first kappa shape index (κ1) is 10.6. The predicted molar refractivity (Wildman–Crippen MR) is 59.4 cm³/mol. The molecular weight excluding hydrogens is 519 g/mol. The van der Waals surface area contributed by atoms with Crippen molar-refractivity contribution in [3.05, 3.63) is 0 Å². The number of hydrogen-bond donors (Lipinski definition) is 0. The Balaban J connectivity index is 1.35. The van der Waals surface area contributed by atoms with Gasteiger partial charge in [-0.1, -0.05) is 0 Å². The van der Waals surface area contributed by atoms with Crippen LogP contribution >= 0.6 is 23.5 Å². The van der Waals surface area contributed by atoms with E-state index in [0.717, 1.165) is 0 Å². The molecule has 0 aromatic carbocycles. The van der Waals surface area contributed by atoms with Gasteiger partial charge in [0.15, 0.2) is 0 Å². The minimum absolute atomic E-state index is 0.640. The molecule has 2 atom stereocenters. The van der Waals surface area contributed by atoms with Crippen LogP contribution in [-0.2, 0) is 0 Å². The summed E-state index contributed by atoms with van der Waals surface area (Å²) in [6.45, 7) is 0. The fraction of sp³-hybridized carbons (Fsp3) is 1.00. The summed E-state index contributed by atoms with van der Waals surface area (Å²) in [6, 6.07) is 0. The van der Waals surface area contributed by atoms with Gasteiger partial charge >= 0.3 is 102 Å². The van der Waals surface area contributed by atoms with Gasteiger partial charge in [0.2, 0.25) is 0 Å². The maximum atomic E-state index is 2.21. The second-order valence-electron chi connectivity index (χ2n) is 2.55. The molecule has 2 saturated heterocycles. The van der Waals surface area contributed by atoms with E-state index in [1.54, 1.807) is 8.94 Å². The van der Waals surface area contributed by atoms with E-state index in [0.29, 0.717) is 47.3 Å². The number of thioether (sulfide) groups is 2. The van der Waals surface area contributed by atoms with Crippen molar-refractivity contribution >= 4 is 70.8 Å². The normalized spacial score (nSPS) is 33.8. The van der Waals surface area contributed by atoms with Crippen molar-refractivity contribution in [3.63, 3.8) is 0 Å². The molecule has 0 aromatic rings. The third-order valence-corrected chi connectivity index (χ3v) is 41.9. The molecule has 2 rings (SSSR count). The van der Waals surface area contributed by atoms with Crippen LogP contribution in [-0.4, -0.2) is 69.3 Å². The Morgan fingerprint density at radius 2 is 1.45 bits per heavy atom. The third-order valence-electron chi connectivity index (χ3n) is 1.41.